The van der Waals surface area contributed by atoms with Crippen LogP contribution in [0.25, 0.3) is 0 Å². The number of carbonyl (C=O) groups is 2. The predicted molar refractivity (Wildman–Crippen MR) is 242 cm³/mol. The van der Waals surface area contributed by atoms with Crippen LogP contribution in [0, 0.1) is 28.6 Å². The minimum Gasteiger partial charge on any atom is -0.463 e. The highest BCUT2D eigenvalue weighted by Crippen LogP contribution is 2.69. The number of benzene rings is 1. The van der Waals surface area contributed by atoms with Crippen LogP contribution < -0.4 is 0 Å². The van der Waals surface area contributed by atoms with Crippen molar-refractivity contribution < 1.29 is 82.1 Å². The zero-order valence-electron chi connectivity index (χ0n) is 41.3. The van der Waals surface area contributed by atoms with E-state index in [1.54, 1.807) is 45.4 Å². The highest BCUT2D eigenvalue weighted by molar-refractivity contribution is 5.89. The van der Waals surface area contributed by atoms with Gasteiger partial charge in [0.05, 0.1) is 53.9 Å². The zero-order chi connectivity index (χ0) is 49.0. The van der Waals surface area contributed by atoms with Gasteiger partial charge in [0, 0.05) is 58.3 Å². The number of fused-ring (bicyclic) bond motifs is 5. The summed E-state index contributed by atoms with van der Waals surface area (Å²) in [7, 11) is 4.63. The van der Waals surface area contributed by atoms with Crippen molar-refractivity contribution in [3.05, 3.63) is 47.5 Å². The number of rotatable bonds is 13. The minimum absolute atomic E-state index is 0.228. The monoisotopic (exact) mass is 961 g/mol. The molecular formula is C51H76O17. The van der Waals surface area contributed by atoms with E-state index in [0.29, 0.717) is 56.9 Å². The van der Waals surface area contributed by atoms with Crippen molar-refractivity contribution in [1.82, 2.24) is 0 Å². The van der Waals surface area contributed by atoms with Gasteiger partial charge in [-0.15, -0.1) is 0 Å². The van der Waals surface area contributed by atoms with Crippen molar-refractivity contribution in [3.8, 4) is 0 Å². The van der Waals surface area contributed by atoms with E-state index in [1.165, 1.54) is 14.0 Å². The van der Waals surface area contributed by atoms with E-state index in [2.05, 4.69) is 6.92 Å². The number of carbonyl (C=O) groups excluding carboxylic acids is 2. The quantitative estimate of drug-likeness (QED) is 0.159. The van der Waals surface area contributed by atoms with Crippen molar-refractivity contribution in [2.45, 2.75) is 210 Å². The summed E-state index contributed by atoms with van der Waals surface area (Å²) in [5, 5.41) is 46.7. The standard InChI is InChI=1S/C51H76O17/c1-25(61-29(5)52)33-17-19-51(57)41-34(22-38(50(33,51)7)66-47(56)30-14-12-11-13-15-30)49(6)18-16-32(20-31(49)21-35(41)53)65-39-23-36(58-8)44(27(3)62-39)67-40-24-37(59-9)45(28(4)63-40)68-48-43(55)46(60-10)42(54)26(2)64-48/h11-15,21,25-28,32-46,48,53-55,57H,16-20,22-24H2,1-10H3/t25-,26+,27+,28+,32-,33+,34-,35?,36-,37-,38+,39-,40-,41-,42+,43+,44+,45+,46+,48-,49-,50-,51-/m0/s1. The van der Waals surface area contributed by atoms with E-state index in [9.17, 15) is 30.0 Å². The number of hydrogen-bond donors (Lipinski definition) is 4. The fourth-order valence-electron chi connectivity index (χ4n) is 13.7. The normalized spacial score (nSPS) is 47.4. The molecule has 3 heterocycles. The molecule has 0 aromatic heterocycles. The summed E-state index contributed by atoms with van der Waals surface area (Å²) in [6.07, 6.45) is -5.75. The van der Waals surface area contributed by atoms with Gasteiger partial charge in [-0.25, -0.2) is 4.79 Å². The first-order valence-corrected chi connectivity index (χ1v) is 24.7. The fourth-order valence-corrected chi connectivity index (χ4v) is 13.7. The Hall–Kier alpha value is -2.62. The number of hydrogen-bond acceptors (Lipinski definition) is 17. The third-order valence-electron chi connectivity index (χ3n) is 17.4. The lowest BCUT2D eigenvalue weighted by molar-refractivity contribution is -0.352. The predicted octanol–water partition coefficient (Wildman–Crippen LogP) is 4.38. The van der Waals surface area contributed by atoms with Gasteiger partial charge in [-0.1, -0.05) is 43.7 Å². The summed E-state index contributed by atoms with van der Waals surface area (Å²) < 4.78 is 67.8. The molecule has 3 saturated carbocycles. The van der Waals surface area contributed by atoms with Gasteiger partial charge in [-0.05, 0) is 89.7 Å². The van der Waals surface area contributed by atoms with Crippen LogP contribution in [-0.2, 0) is 56.9 Å². The molecule has 4 N–H and O–H groups in total. The Morgan fingerprint density at radius 3 is 2.01 bits per heavy atom. The van der Waals surface area contributed by atoms with Crippen LogP contribution in [0.2, 0.25) is 0 Å². The molecule has 0 spiro atoms. The molecule has 68 heavy (non-hydrogen) atoms. The summed E-state index contributed by atoms with van der Waals surface area (Å²) in [5.41, 5.74) is -1.44. The average Bonchev–Trinajstić information content (AvgIpc) is 3.59. The molecule has 1 unspecified atom stereocenters. The number of aliphatic hydroxyl groups is 4. The topological polar surface area (TPSA) is 217 Å². The summed E-state index contributed by atoms with van der Waals surface area (Å²) in [6, 6.07) is 8.84. The second kappa shape index (κ2) is 20.5. The summed E-state index contributed by atoms with van der Waals surface area (Å²) in [6.45, 7) is 12.8. The summed E-state index contributed by atoms with van der Waals surface area (Å²) in [4.78, 5) is 26.0. The van der Waals surface area contributed by atoms with Gasteiger partial charge in [-0.3, -0.25) is 4.79 Å². The van der Waals surface area contributed by atoms with E-state index in [-0.39, 0.29) is 17.9 Å². The Bertz CT molecular complexity index is 1940. The second-order valence-corrected chi connectivity index (χ2v) is 21.0. The first-order valence-electron chi connectivity index (χ1n) is 24.7. The van der Waals surface area contributed by atoms with Crippen molar-refractivity contribution >= 4 is 11.9 Å². The molecule has 7 aliphatic rings. The van der Waals surface area contributed by atoms with Crippen molar-refractivity contribution in [1.29, 1.82) is 0 Å². The first-order chi connectivity index (χ1) is 32.3. The van der Waals surface area contributed by atoms with Crippen molar-refractivity contribution in [3.63, 3.8) is 0 Å². The molecule has 0 amide bonds. The molecule has 3 aliphatic heterocycles. The first kappa shape index (κ1) is 51.7. The molecule has 382 valence electrons. The highest BCUT2D eigenvalue weighted by Gasteiger charge is 2.73. The second-order valence-electron chi connectivity index (χ2n) is 21.0. The van der Waals surface area contributed by atoms with E-state index < -0.39 is 133 Å². The molecule has 0 bridgehead atoms. The molecule has 3 saturated heterocycles. The van der Waals surface area contributed by atoms with Gasteiger partial charge in [-0.2, -0.15) is 0 Å². The average molecular weight is 961 g/mol. The third kappa shape index (κ3) is 9.35. The summed E-state index contributed by atoms with van der Waals surface area (Å²) >= 11 is 0. The van der Waals surface area contributed by atoms with Crippen LogP contribution in [0.1, 0.15) is 110 Å². The maximum atomic E-state index is 13.8. The third-order valence-corrected chi connectivity index (χ3v) is 17.4. The Kier molecular flexibility index (Phi) is 15.6. The van der Waals surface area contributed by atoms with Crippen LogP contribution in [0.15, 0.2) is 42.0 Å². The minimum atomic E-state index is -1.43. The van der Waals surface area contributed by atoms with Gasteiger partial charge in [0.25, 0.3) is 0 Å². The van der Waals surface area contributed by atoms with Crippen molar-refractivity contribution in [2.24, 2.45) is 28.6 Å². The molecule has 17 heteroatoms. The number of ether oxygens (including phenoxy) is 11. The fraction of sp³-hybridized carbons (Fsp3) is 0.804. The summed E-state index contributed by atoms with van der Waals surface area (Å²) in [5.74, 6) is -2.00. The Balaban J connectivity index is 0.928. The largest absolute Gasteiger partial charge is 0.463 e. The number of methoxy groups -OCH3 is 3. The highest BCUT2D eigenvalue weighted by atomic mass is 16.8. The molecule has 6 fully saturated rings. The van der Waals surface area contributed by atoms with Gasteiger partial charge in [0.1, 0.15) is 42.7 Å². The number of aliphatic hydroxyl groups excluding tert-OH is 3. The lowest BCUT2D eigenvalue weighted by atomic mass is 9.44. The Labute approximate surface area is 400 Å². The maximum Gasteiger partial charge on any atom is 0.338 e. The van der Waals surface area contributed by atoms with Gasteiger partial charge >= 0.3 is 11.9 Å². The van der Waals surface area contributed by atoms with Crippen LogP contribution in [0.4, 0.5) is 0 Å². The molecule has 23 atom stereocenters. The maximum absolute atomic E-state index is 13.8. The molecule has 17 nitrogen and oxygen atoms in total. The van der Waals surface area contributed by atoms with Gasteiger partial charge in [0.15, 0.2) is 18.9 Å². The van der Waals surface area contributed by atoms with Gasteiger partial charge < -0.3 is 72.5 Å². The Morgan fingerprint density at radius 1 is 0.765 bits per heavy atom. The van der Waals surface area contributed by atoms with Gasteiger partial charge in [0.2, 0.25) is 0 Å². The van der Waals surface area contributed by atoms with Crippen LogP contribution in [0.3, 0.4) is 0 Å². The molecule has 4 aliphatic carbocycles. The molecule has 1 aromatic rings. The van der Waals surface area contributed by atoms with Crippen LogP contribution in [0.5, 0.6) is 0 Å². The SMILES string of the molecule is CO[C@H]1[C@@H](O)[C@H](O[C@H]2[C@@H](OC)C[C@H](O[C@H]3[C@@H](OC)C[C@H](O[C@H]4CC[C@@]5(C)C(=CC(O)[C@@H]6[C@@H]5C[C@@H](OC(=O)c5ccccc5)[C@]5(C)[C@@H]([C@H](C)OC(C)=O)CC[C@]65O)C4)O[C@@H]3C)O[C@@H]2C)O[C@H](C)[C@H]1O. The molecular weight excluding hydrogens is 885 g/mol. The van der Waals surface area contributed by atoms with E-state index >= 15 is 0 Å². The van der Waals surface area contributed by atoms with Crippen LogP contribution >= 0.6 is 0 Å². The lowest BCUT2D eigenvalue weighted by Gasteiger charge is -2.64. The molecule has 8 rings (SSSR count). The van der Waals surface area contributed by atoms with Crippen LogP contribution in [-0.4, -0.2) is 164 Å². The zero-order valence-corrected chi connectivity index (χ0v) is 41.3. The lowest BCUT2D eigenvalue weighted by Crippen LogP contribution is -2.69. The van der Waals surface area contributed by atoms with Crippen molar-refractivity contribution in [2.75, 3.05) is 21.3 Å². The van der Waals surface area contributed by atoms with E-state index in [1.807, 2.05) is 39.8 Å². The van der Waals surface area contributed by atoms with E-state index in [4.69, 9.17) is 52.1 Å². The molecule has 0 radical (unpaired) electrons. The smallest absolute Gasteiger partial charge is 0.338 e. The Morgan fingerprint density at radius 2 is 1.40 bits per heavy atom. The number of esters is 2. The molecule has 1 aromatic carbocycles. The van der Waals surface area contributed by atoms with E-state index in [0.717, 1.165) is 5.57 Å².